The minimum absolute atomic E-state index is 0.172. The number of rotatable bonds is 8. The van der Waals surface area contributed by atoms with Gasteiger partial charge in [0.05, 0.1) is 25.8 Å². The van der Waals surface area contributed by atoms with E-state index in [0.717, 1.165) is 22.4 Å². The highest BCUT2D eigenvalue weighted by atomic mass is 16.5. The van der Waals surface area contributed by atoms with E-state index < -0.39 is 11.8 Å². The summed E-state index contributed by atoms with van der Waals surface area (Å²) in [7, 11) is 1.59. The second kappa shape index (κ2) is 10.6. The van der Waals surface area contributed by atoms with Crippen molar-refractivity contribution in [3.63, 3.8) is 0 Å². The number of nitrogens with one attached hydrogen (secondary N) is 2. The Bertz CT molecular complexity index is 948. The smallest absolute Gasteiger partial charge is 0.259 e. The molecule has 0 spiro atoms. The van der Waals surface area contributed by atoms with Crippen LogP contribution < -0.4 is 15.5 Å². The molecule has 30 heavy (non-hydrogen) atoms. The second-order valence-corrected chi connectivity index (χ2v) is 6.54. The van der Waals surface area contributed by atoms with E-state index in [1.165, 1.54) is 6.21 Å². The fraction of sp³-hybridized carbons (Fsp3) is 0.125. The molecule has 0 bridgehead atoms. The molecule has 0 saturated heterocycles. The number of hydrazone groups is 1. The predicted octanol–water partition coefficient (Wildman–Crippen LogP) is 3.09. The highest BCUT2D eigenvalue weighted by Crippen LogP contribution is 2.24. The number of nitrogens with zero attached hydrogens (tertiary/aromatic N) is 1. The number of hydrogen-bond donors (Lipinski definition) is 2. The first-order valence-corrected chi connectivity index (χ1v) is 9.51. The van der Waals surface area contributed by atoms with Crippen LogP contribution in [0.3, 0.4) is 0 Å². The number of amides is 2. The number of methoxy groups -OCH3 is 1. The summed E-state index contributed by atoms with van der Waals surface area (Å²) in [6, 6.07) is 26.2. The summed E-state index contributed by atoms with van der Waals surface area (Å²) < 4.78 is 5.09. The maximum absolute atomic E-state index is 12.9. The Morgan fingerprint density at radius 1 is 0.900 bits per heavy atom. The van der Waals surface area contributed by atoms with Gasteiger partial charge >= 0.3 is 0 Å². The third kappa shape index (κ3) is 5.78. The van der Waals surface area contributed by atoms with Crippen molar-refractivity contribution < 1.29 is 14.3 Å². The molecule has 6 heteroatoms. The molecule has 0 unspecified atom stereocenters. The van der Waals surface area contributed by atoms with Crippen molar-refractivity contribution in [1.82, 2.24) is 10.7 Å². The third-order valence-electron chi connectivity index (χ3n) is 4.47. The molecule has 3 aromatic carbocycles. The van der Waals surface area contributed by atoms with E-state index in [1.807, 2.05) is 72.8 Å². The average Bonchev–Trinajstić information content (AvgIpc) is 2.80. The van der Waals surface area contributed by atoms with E-state index in [9.17, 15) is 9.59 Å². The molecule has 0 aromatic heterocycles. The topological polar surface area (TPSA) is 79.8 Å². The van der Waals surface area contributed by atoms with Crippen molar-refractivity contribution in [1.29, 1.82) is 0 Å². The van der Waals surface area contributed by atoms with Crippen LogP contribution in [0.1, 0.15) is 22.6 Å². The van der Waals surface area contributed by atoms with Gasteiger partial charge in [-0.15, -0.1) is 0 Å². The van der Waals surface area contributed by atoms with Crippen LogP contribution in [-0.4, -0.2) is 31.7 Å². The quantitative estimate of drug-likeness (QED) is 0.450. The molecule has 0 aliphatic heterocycles. The Morgan fingerprint density at radius 2 is 1.47 bits per heavy atom. The van der Waals surface area contributed by atoms with Gasteiger partial charge in [0.25, 0.3) is 5.91 Å². The molecule has 2 amide bonds. The van der Waals surface area contributed by atoms with Crippen molar-refractivity contribution >= 4 is 18.0 Å². The molecule has 0 atom stereocenters. The molecule has 0 saturated carbocycles. The average molecular weight is 401 g/mol. The number of hydrogen-bond acceptors (Lipinski definition) is 4. The summed E-state index contributed by atoms with van der Waals surface area (Å²) in [6.07, 6.45) is 1.52. The van der Waals surface area contributed by atoms with Gasteiger partial charge in [-0.2, -0.15) is 5.10 Å². The van der Waals surface area contributed by atoms with E-state index >= 15 is 0 Å². The molecule has 0 heterocycles. The van der Waals surface area contributed by atoms with Crippen molar-refractivity contribution in [3.05, 3.63) is 102 Å². The van der Waals surface area contributed by atoms with Gasteiger partial charge in [0.2, 0.25) is 5.91 Å². The summed E-state index contributed by atoms with van der Waals surface area (Å²) in [5.74, 6) is -0.414. The van der Waals surface area contributed by atoms with Gasteiger partial charge in [-0.25, -0.2) is 5.43 Å². The molecular weight excluding hydrogens is 378 g/mol. The van der Waals surface area contributed by atoms with Gasteiger partial charge in [-0.1, -0.05) is 60.7 Å². The Kier molecular flexibility index (Phi) is 7.33. The van der Waals surface area contributed by atoms with Crippen LogP contribution >= 0.6 is 0 Å². The SMILES string of the molecule is COc1ccc(/C=N\NC(=O)CNC(=O)C(c2ccccc2)c2ccccc2)cc1. The molecule has 3 rings (SSSR count). The Labute approximate surface area is 175 Å². The standard InChI is InChI=1S/C24H23N3O3/c1-30-21-14-12-18(13-15-21)16-26-27-22(28)17-25-24(29)23(19-8-4-2-5-9-19)20-10-6-3-7-11-20/h2-16,23H,17H2,1H3,(H,25,29)(H,27,28)/b26-16-. The summed E-state index contributed by atoms with van der Waals surface area (Å²) in [5.41, 5.74) is 4.95. The Hall–Kier alpha value is -3.93. The molecule has 0 radical (unpaired) electrons. The van der Waals surface area contributed by atoms with Crippen molar-refractivity contribution in [3.8, 4) is 5.75 Å². The second-order valence-electron chi connectivity index (χ2n) is 6.54. The summed E-state index contributed by atoms with van der Waals surface area (Å²) >= 11 is 0. The lowest BCUT2D eigenvalue weighted by atomic mass is 9.90. The normalized spacial score (nSPS) is 10.7. The summed E-state index contributed by atoms with van der Waals surface area (Å²) in [6.45, 7) is -0.172. The predicted molar refractivity (Wildman–Crippen MR) is 116 cm³/mol. The van der Waals surface area contributed by atoms with Crippen molar-refractivity contribution in [2.24, 2.45) is 5.10 Å². The lowest BCUT2D eigenvalue weighted by Gasteiger charge is -2.17. The first-order valence-electron chi connectivity index (χ1n) is 9.51. The number of benzene rings is 3. The molecule has 2 N–H and O–H groups in total. The van der Waals surface area contributed by atoms with Crippen LogP contribution in [0.15, 0.2) is 90.0 Å². The number of carbonyl (C=O) groups excluding carboxylic acids is 2. The molecule has 0 fully saturated rings. The Balaban J connectivity index is 1.58. The maximum Gasteiger partial charge on any atom is 0.259 e. The molecular formula is C24H23N3O3. The molecule has 6 nitrogen and oxygen atoms in total. The van der Waals surface area contributed by atoms with Gasteiger partial charge in [-0.05, 0) is 41.0 Å². The molecule has 3 aromatic rings. The largest absolute Gasteiger partial charge is 0.497 e. The van der Waals surface area contributed by atoms with E-state index in [0.29, 0.717) is 0 Å². The van der Waals surface area contributed by atoms with E-state index in [4.69, 9.17) is 4.74 Å². The zero-order valence-electron chi connectivity index (χ0n) is 16.6. The van der Waals surface area contributed by atoms with Gasteiger partial charge in [-0.3, -0.25) is 9.59 Å². The third-order valence-corrected chi connectivity index (χ3v) is 4.47. The highest BCUT2D eigenvalue weighted by molar-refractivity contribution is 5.91. The van der Waals surface area contributed by atoms with Crippen LogP contribution in [0.5, 0.6) is 5.75 Å². The lowest BCUT2D eigenvalue weighted by molar-refractivity contribution is -0.126. The molecule has 0 aliphatic rings. The minimum atomic E-state index is -0.497. The highest BCUT2D eigenvalue weighted by Gasteiger charge is 2.22. The van der Waals surface area contributed by atoms with Crippen molar-refractivity contribution in [2.45, 2.75) is 5.92 Å². The van der Waals surface area contributed by atoms with Crippen LogP contribution in [0, 0.1) is 0 Å². The van der Waals surface area contributed by atoms with Gasteiger partial charge < -0.3 is 10.1 Å². The van der Waals surface area contributed by atoms with Crippen molar-refractivity contribution in [2.75, 3.05) is 13.7 Å². The molecule has 0 aliphatic carbocycles. The Morgan fingerprint density at radius 3 is 2.00 bits per heavy atom. The van der Waals surface area contributed by atoms with E-state index in [1.54, 1.807) is 19.2 Å². The number of ether oxygens (including phenoxy) is 1. The fourth-order valence-electron chi connectivity index (χ4n) is 2.96. The lowest BCUT2D eigenvalue weighted by Crippen LogP contribution is -2.37. The van der Waals surface area contributed by atoms with Gasteiger partial charge in [0.1, 0.15) is 5.75 Å². The maximum atomic E-state index is 12.9. The van der Waals surface area contributed by atoms with Gasteiger partial charge in [0, 0.05) is 0 Å². The summed E-state index contributed by atoms with van der Waals surface area (Å²) in [5, 5.41) is 6.62. The van der Waals surface area contributed by atoms with E-state index in [2.05, 4.69) is 15.8 Å². The first-order chi connectivity index (χ1) is 14.7. The summed E-state index contributed by atoms with van der Waals surface area (Å²) in [4.78, 5) is 24.9. The zero-order valence-corrected chi connectivity index (χ0v) is 16.6. The van der Waals surface area contributed by atoms with E-state index in [-0.39, 0.29) is 12.5 Å². The van der Waals surface area contributed by atoms with Crippen LogP contribution in [0.4, 0.5) is 0 Å². The monoisotopic (exact) mass is 401 g/mol. The first kappa shape index (κ1) is 20.8. The fourth-order valence-corrected chi connectivity index (χ4v) is 2.96. The van der Waals surface area contributed by atoms with Crippen LogP contribution in [-0.2, 0) is 9.59 Å². The van der Waals surface area contributed by atoms with Crippen LogP contribution in [0.25, 0.3) is 0 Å². The zero-order chi connectivity index (χ0) is 21.2. The minimum Gasteiger partial charge on any atom is -0.497 e. The number of carbonyl (C=O) groups is 2. The molecule has 152 valence electrons. The van der Waals surface area contributed by atoms with Gasteiger partial charge in [0.15, 0.2) is 0 Å². The van der Waals surface area contributed by atoms with Crippen LogP contribution in [0.2, 0.25) is 0 Å².